The first kappa shape index (κ1) is 13.5. The molecule has 0 aromatic heterocycles. The van der Waals surface area contributed by atoms with E-state index in [2.05, 4.69) is 0 Å². The van der Waals surface area contributed by atoms with E-state index < -0.39 is 0 Å². The second-order valence-electron chi connectivity index (χ2n) is 5.10. The summed E-state index contributed by atoms with van der Waals surface area (Å²) in [6, 6.07) is 9.88. The number of aliphatic hydroxyl groups excluding tert-OH is 2. The number of piperazine rings is 1. The number of aliphatic hydroxyl groups is 2. The summed E-state index contributed by atoms with van der Waals surface area (Å²) in [6.07, 6.45) is -0.361. The van der Waals surface area contributed by atoms with Crippen molar-refractivity contribution in [2.45, 2.75) is 6.10 Å². The first-order chi connectivity index (χ1) is 8.79. The molecule has 100 valence electrons. The largest absolute Gasteiger partial charge is 0.391 e. The normalized spacial score (nSPS) is 25.9. The minimum Gasteiger partial charge on any atom is -0.391 e. The number of hydrogen-bond acceptors (Lipinski definition) is 2. The van der Waals surface area contributed by atoms with Crippen molar-refractivity contribution < 1.29 is 20.0 Å². The number of nitrogens with one attached hydrogen (secondary N) is 2. The van der Waals surface area contributed by atoms with Crippen molar-refractivity contribution >= 4 is 0 Å². The maximum Gasteiger partial charge on any atom is 0.128 e. The topological polar surface area (TPSA) is 49.3 Å². The van der Waals surface area contributed by atoms with Crippen LogP contribution >= 0.6 is 0 Å². The standard InChI is InChI=1S/C14H22N2O2/c17-11-10-15-6-8-16(9-7-15)12-14(18)13-4-2-1-3-5-13/h1-5,14,17-18H,6-12H2/p+2/t14-/m1/s1. The fraction of sp³-hybridized carbons (Fsp3) is 0.571. The summed E-state index contributed by atoms with van der Waals surface area (Å²) in [5.41, 5.74) is 1.01. The third-order valence-corrected chi connectivity index (χ3v) is 3.80. The van der Waals surface area contributed by atoms with Crippen LogP contribution in [0.5, 0.6) is 0 Å². The molecular formula is C14H24N2O2+2. The summed E-state index contributed by atoms with van der Waals surface area (Å²) in [6.45, 7) is 6.27. The van der Waals surface area contributed by atoms with Gasteiger partial charge in [-0.25, -0.2) is 0 Å². The van der Waals surface area contributed by atoms with E-state index in [0.717, 1.165) is 44.8 Å². The number of hydrogen-bond donors (Lipinski definition) is 4. The molecule has 0 saturated carbocycles. The molecule has 2 rings (SSSR count). The molecule has 4 heteroatoms. The fourth-order valence-corrected chi connectivity index (χ4v) is 2.64. The van der Waals surface area contributed by atoms with Gasteiger partial charge in [-0.15, -0.1) is 0 Å². The molecule has 1 fully saturated rings. The van der Waals surface area contributed by atoms with Gasteiger partial charge in [0, 0.05) is 0 Å². The Morgan fingerprint density at radius 1 is 1.00 bits per heavy atom. The Bertz CT molecular complexity index is 337. The minimum atomic E-state index is -0.361. The molecule has 4 nitrogen and oxygen atoms in total. The van der Waals surface area contributed by atoms with Gasteiger partial charge in [-0.1, -0.05) is 30.3 Å². The van der Waals surface area contributed by atoms with Crippen LogP contribution in [-0.4, -0.2) is 56.1 Å². The molecule has 0 bridgehead atoms. The van der Waals surface area contributed by atoms with Crippen molar-refractivity contribution in [2.24, 2.45) is 0 Å². The minimum absolute atomic E-state index is 0.275. The zero-order valence-corrected chi connectivity index (χ0v) is 10.8. The molecule has 0 spiro atoms. The second kappa shape index (κ2) is 6.85. The van der Waals surface area contributed by atoms with Crippen LogP contribution in [-0.2, 0) is 0 Å². The first-order valence-corrected chi connectivity index (χ1v) is 6.80. The maximum absolute atomic E-state index is 10.2. The van der Waals surface area contributed by atoms with E-state index in [-0.39, 0.29) is 12.7 Å². The summed E-state index contributed by atoms with van der Waals surface area (Å²) in [5.74, 6) is 0. The second-order valence-corrected chi connectivity index (χ2v) is 5.10. The molecule has 0 amide bonds. The van der Waals surface area contributed by atoms with Gasteiger partial charge in [0.2, 0.25) is 0 Å². The molecule has 1 aromatic rings. The van der Waals surface area contributed by atoms with Crippen LogP contribution in [0.2, 0.25) is 0 Å². The van der Waals surface area contributed by atoms with E-state index in [9.17, 15) is 5.11 Å². The number of rotatable bonds is 5. The highest BCUT2D eigenvalue weighted by molar-refractivity contribution is 5.17. The highest BCUT2D eigenvalue weighted by Gasteiger charge is 2.24. The molecular weight excluding hydrogens is 228 g/mol. The summed E-state index contributed by atoms with van der Waals surface area (Å²) in [4.78, 5) is 2.95. The molecule has 18 heavy (non-hydrogen) atoms. The van der Waals surface area contributed by atoms with Crippen molar-refractivity contribution in [1.82, 2.24) is 0 Å². The van der Waals surface area contributed by atoms with E-state index in [0.29, 0.717) is 0 Å². The summed E-state index contributed by atoms with van der Waals surface area (Å²) in [7, 11) is 0. The summed E-state index contributed by atoms with van der Waals surface area (Å²) in [5, 5.41) is 19.1. The lowest BCUT2D eigenvalue weighted by atomic mass is 10.1. The van der Waals surface area contributed by atoms with Gasteiger partial charge in [0.05, 0.1) is 6.61 Å². The van der Waals surface area contributed by atoms with Gasteiger partial charge >= 0.3 is 0 Å². The zero-order valence-electron chi connectivity index (χ0n) is 10.8. The summed E-state index contributed by atoms with van der Waals surface area (Å²) >= 11 is 0. The molecule has 0 aliphatic carbocycles. The Balaban J connectivity index is 1.78. The van der Waals surface area contributed by atoms with Crippen molar-refractivity contribution in [3.05, 3.63) is 35.9 Å². The van der Waals surface area contributed by atoms with Crippen molar-refractivity contribution in [1.29, 1.82) is 0 Å². The molecule has 1 atom stereocenters. The van der Waals surface area contributed by atoms with E-state index >= 15 is 0 Å². The molecule has 4 N–H and O–H groups in total. The molecule has 0 unspecified atom stereocenters. The van der Waals surface area contributed by atoms with E-state index in [4.69, 9.17) is 5.11 Å². The van der Waals surface area contributed by atoms with Crippen LogP contribution in [0.3, 0.4) is 0 Å². The number of benzene rings is 1. The molecule has 1 saturated heterocycles. The lowest BCUT2D eigenvalue weighted by Gasteiger charge is -2.30. The summed E-state index contributed by atoms with van der Waals surface area (Å²) < 4.78 is 0. The maximum atomic E-state index is 10.2. The van der Waals surface area contributed by atoms with Crippen LogP contribution in [0, 0.1) is 0 Å². The molecule has 1 heterocycles. The first-order valence-electron chi connectivity index (χ1n) is 6.80. The predicted molar refractivity (Wildman–Crippen MR) is 69.6 cm³/mol. The third-order valence-electron chi connectivity index (χ3n) is 3.80. The van der Waals surface area contributed by atoms with Gasteiger partial charge < -0.3 is 20.0 Å². The SMILES string of the molecule is OCC[NH+]1CC[NH+](C[C@@H](O)c2ccccc2)CC1. The van der Waals surface area contributed by atoms with Gasteiger partial charge in [0.1, 0.15) is 45.4 Å². The Kier molecular flexibility index (Phi) is 5.13. The van der Waals surface area contributed by atoms with Gasteiger partial charge in [-0.2, -0.15) is 0 Å². The third kappa shape index (κ3) is 3.78. The lowest BCUT2D eigenvalue weighted by Crippen LogP contribution is -3.28. The Hall–Kier alpha value is -0.940. The Labute approximate surface area is 108 Å². The van der Waals surface area contributed by atoms with Gasteiger partial charge in [-0.05, 0) is 5.56 Å². The van der Waals surface area contributed by atoms with E-state index in [1.807, 2.05) is 30.3 Å². The fourth-order valence-electron chi connectivity index (χ4n) is 2.64. The average Bonchev–Trinajstić information content (AvgIpc) is 2.42. The predicted octanol–water partition coefficient (Wildman–Crippen LogP) is -2.50. The van der Waals surface area contributed by atoms with Gasteiger partial charge in [0.15, 0.2) is 0 Å². The van der Waals surface area contributed by atoms with Crippen LogP contribution < -0.4 is 9.80 Å². The van der Waals surface area contributed by atoms with Crippen LogP contribution in [0.1, 0.15) is 11.7 Å². The molecule has 1 aromatic carbocycles. The quantitative estimate of drug-likeness (QED) is 0.468. The molecule has 0 radical (unpaired) electrons. The zero-order chi connectivity index (χ0) is 12.8. The smallest absolute Gasteiger partial charge is 0.128 e. The van der Waals surface area contributed by atoms with Crippen molar-refractivity contribution in [3.63, 3.8) is 0 Å². The van der Waals surface area contributed by atoms with Gasteiger partial charge in [-0.3, -0.25) is 0 Å². The van der Waals surface area contributed by atoms with E-state index in [1.54, 1.807) is 0 Å². The molecule has 1 aliphatic rings. The Morgan fingerprint density at radius 3 is 2.22 bits per heavy atom. The van der Waals surface area contributed by atoms with Crippen molar-refractivity contribution in [3.8, 4) is 0 Å². The van der Waals surface area contributed by atoms with E-state index in [1.165, 1.54) is 9.80 Å². The monoisotopic (exact) mass is 252 g/mol. The average molecular weight is 252 g/mol. The van der Waals surface area contributed by atoms with Crippen LogP contribution in [0.25, 0.3) is 0 Å². The number of quaternary nitrogens is 2. The lowest BCUT2D eigenvalue weighted by molar-refractivity contribution is -1.01. The highest BCUT2D eigenvalue weighted by Crippen LogP contribution is 2.09. The van der Waals surface area contributed by atoms with Crippen LogP contribution in [0.4, 0.5) is 0 Å². The highest BCUT2D eigenvalue weighted by atomic mass is 16.3. The molecule has 1 aliphatic heterocycles. The van der Waals surface area contributed by atoms with Crippen molar-refractivity contribution in [2.75, 3.05) is 45.9 Å². The van der Waals surface area contributed by atoms with Crippen LogP contribution in [0.15, 0.2) is 30.3 Å². The Morgan fingerprint density at radius 2 is 1.61 bits per heavy atom. The van der Waals surface area contributed by atoms with Gasteiger partial charge in [0.25, 0.3) is 0 Å².